The van der Waals surface area contributed by atoms with Crippen molar-refractivity contribution in [3.8, 4) is 0 Å². The van der Waals surface area contributed by atoms with Crippen LogP contribution in [0.15, 0.2) is 42.9 Å². The molecule has 0 saturated carbocycles. The molecule has 1 amide bonds. The summed E-state index contributed by atoms with van der Waals surface area (Å²) in [5.41, 5.74) is 1.48. The minimum Gasteiger partial charge on any atom is -0.335 e. The summed E-state index contributed by atoms with van der Waals surface area (Å²) < 4.78 is 1.23. The molecule has 2 aromatic heterocycles. The summed E-state index contributed by atoms with van der Waals surface area (Å²) in [6.07, 6.45) is 4.65. The summed E-state index contributed by atoms with van der Waals surface area (Å²) >= 11 is 1.74. The molecule has 1 fully saturated rings. The number of nitrogens with zero attached hydrogens (tertiary/aromatic N) is 5. The van der Waals surface area contributed by atoms with E-state index in [1.807, 2.05) is 23.1 Å². The average molecular weight is 339 g/mol. The maximum atomic E-state index is 12.4. The van der Waals surface area contributed by atoms with Gasteiger partial charge in [-0.1, -0.05) is 12.1 Å². The van der Waals surface area contributed by atoms with Crippen molar-refractivity contribution >= 4 is 27.5 Å². The van der Waals surface area contributed by atoms with Crippen molar-refractivity contribution in [2.24, 2.45) is 0 Å². The van der Waals surface area contributed by atoms with Crippen LogP contribution in [0.5, 0.6) is 0 Å². The van der Waals surface area contributed by atoms with E-state index in [0.717, 1.165) is 30.2 Å². The van der Waals surface area contributed by atoms with Crippen LogP contribution in [0.25, 0.3) is 10.2 Å². The lowest BCUT2D eigenvalue weighted by molar-refractivity contribution is 0.0622. The molecule has 0 aliphatic carbocycles. The number of benzene rings is 1. The molecule has 0 atom stereocenters. The number of amides is 1. The zero-order valence-corrected chi connectivity index (χ0v) is 13.9. The van der Waals surface area contributed by atoms with E-state index in [4.69, 9.17) is 0 Å². The highest BCUT2D eigenvalue weighted by molar-refractivity contribution is 7.18. The minimum atomic E-state index is -0.0391. The Morgan fingerprint density at radius 2 is 1.96 bits per heavy atom. The van der Waals surface area contributed by atoms with Gasteiger partial charge in [0.15, 0.2) is 0 Å². The molecule has 3 aromatic rings. The average Bonchev–Trinajstić information content (AvgIpc) is 3.05. The molecular weight excluding hydrogens is 322 g/mol. The third kappa shape index (κ3) is 3.13. The van der Waals surface area contributed by atoms with E-state index >= 15 is 0 Å². The number of hydrogen-bond acceptors (Lipinski definition) is 6. The lowest BCUT2D eigenvalue weighted by atomic mass is 10.3. The van der Waals surface area contributed by atoms with Crippen molar-refractivity contribution in [1.82, 2.24) is 24.8 Å². The van der Waals surface area contributed by atoms with Crippen LogP contribution in [-0.4, -0.2) is 56.8 Å². The quantitative estimate of drug-likeness (QED) is 0.731. The van der Waals surface area contributed by atoms with Gasteiger partial charge in [-0.25, -0.2) is 9.97 Å². The van der Waals surface area contributed by atoms with Gasteiger partial charge in [0.2, 0.25) is 0 Å². The normalized spacial score (nSPS) is 15.8. The smallest absolute Gasteiger partial charge is 0.274 e. The predicted molar refractivity (Wildman–Crippen MR) is 92.8 cm³/mol. The van der Waals surface area contributed by atoms with Crippen molar-refractivity contribution in [2.75, 3.05) is 26.2 Å². The number of thiazole rings is 1. The summed E-state index contributed by atoms with van der Waals surface area (Å²) in [5.74, 6) is -0.0391. The lowest BCUT2D eigenvalue weighted by Crippen LogP contribution is -2.48. The topological polar surface area (TPSA) is 62.2 Å². The fourth-order valence-corrected chi connectivity index (χ4v) is 3.87. The van der Waals surface area contributed by atoms with Gasteiger partial charge in [-0.05, 0) is 12.1 Å². The molecule has 4 rings (SSSR count). The Morgan fingerprint density at radius 1 is 1.12 bits per heavy atom. The molecule has 0 unspecified atom stereocenters. The van der Waals surface area contributed by atoms with Gasteiger partial charge in [0, 0.05) is 38.6 Å². The van der Waals surface area contributed by atoms with Gasteiger partial charge < -0.3 is 4.90 Å². The zero-order valence-electron chi connectivity index (χ0n) is 13.1. The van der Waals surface area contributed by atoms with Crippen molar-refractivity contribution < 1.29 is 4.79 Å². The Labute approximate surface area is 143 Å². The van der Waals surface area contributed by atoms with Gasteiger partial charge in [0.25, 0.3) is 5.91 Å². The molecule has 1 aliphatic rings. The first-order valence-corrected chi connectivity index (χ1v) is 8.73. The molecule has 0 radical (unpaired) electrons. The molecule has 0 N–H and O–H groups in total. The monoisotopic (exact) mass is 339 g/mol. The van der Waals surface area contributed by atoms with Crippen molar-refractivity contribution in [2.45, 2.75) is 6.54 Å². The number of piperazine rings is 1. The van der Waals surface area contributed by atoms with Crippen LogP contribution in [0.2, 0.25) is 0 Å². The number of carbonyl (C=O) groups is 1. The van der Waals surface area contributed by atoms with Crippen LogP contribution >= 0.6 is 11.3 Å². The van der Waals surface area contributed by atoms with Gasteiger partial charge in [-0.2, -0.15) is 0 Å². The number of para-hydroxylation sites is 1. The zero-order chi connectivity index (χ0) is 16.4. The second-order valence-electron chi connectivity index (χ2n) is 5.73. The molecule has 7 heteroatoms. The minimum absolute atomic E-state index is 0.0391. The Bertz CT molecular complexity index is 809. The van der Waals surface area contributed by atoms with E-state index in [2.05, 4.69) is 25.9 Å². The molecule has 0 spiro atoms. The Hall–Kier alpha value is -2.38. The molecule has 1 aliphatic heterocycles. The summed E-state index contributed by atoms with van der Waals surface area (Å²) in [5, 5.41) is 1.13. The first-order valence-electron chi connectivity index (χ1n) is 7.92. The second kappa shape index (κ2) is 6.62. The molecule has 6 nitrogen and oxygen atoms in total. The number of carbonyl (C=O) groups excluding carboxylic acids is 1. The highest BCUT2D eigenvalue weighted by atomic mass is 32.1. The molecule has 1 aromatic carbocycles. The third-order valence-corrected chi connectivity index (χ3v) is 5.16. The first-order chi connectivity index (χ1) is 11.8. The Kier molecular flexibility index (Phi) is 4.18. The van der Waals surface area contributed by atoms with Gasteiger partial charge in [0.05, 0.1) is 23.0 Å². The third-order valence-electron chi connectivity index (χ3n) is 4.14. The molecule has 122 valence electrons. The summed E-state index contributed by atoms with van der Waals surface area (Å²) in [4.78, 5) is 29.3. The maximum Gasteiger partial charge on any atom is 0.274 e. The van der Waals surface area contributed by atoms with E-state index < -0.39 is 0 Å². The summed E-state index contributed by atoms with van der Waals surface area (Å²) in [6, 6.07) is 8.21. The fraction of sp³-hybridized carbons (Fsp3) is 0.294. The Balaban J connectivity index is 1.37. The molecular formula is C17H17N5OS. The fourth-order valence-electron chi connectivity index (χ4n) is 2.86. The largest absolute Gasteiger partial charge is 0.335 e. The predicted octanol–water partition coefficient (Wildman–Crippen LogP) is 2.04. The van der Waals surface area contributed by atoms with E-state index in [-0.39, 0.29) is 5.91 Å². The molecule has 1 saturated heterocycles. The molecule has 0 bridgehead atoms. The first kappa shape index (κ1) is 15.2. The van der Waals surface area contributed by atoms with Gasteiger partial charge in [0.1, 0.15) is 10.7 Å². The van der Waals surface area contributed by atoms with Crippen molar-refractivity contribution in [3.05, 3.63) is 53.6 Å². The van der Waals surface area contributed by atoms with Crippen LogP contribution in [0, 0.1) is 0 Å². The summed E-state index contributed by atoms with van der Waals surface area (Å²) in [7, 11) is 0. The van der Waals surface area contributed by atoms with Gasteiger partial charge in [-0.3, -0.25) is 14.7 Å². The number of fused-ring (bicyclic) bond motifs is 1. The van der Waals surface area contributed by atoms with Gasteiger partial charge in [-0.15, -0.1) is 11.3 Å². The number of aromatic nitrogens is 3. The van der Waals surface area contributed by atoms with E-state index in [1.165, 1.54) is 10.9 Å². The highest BCUT2D eigenvalue weighted by Crippen LogP contribution is 2.23. The van der Waals surface area contributed by atoms with Crippen LogP contribution in [0.1, 0.15) is 15.5 Å². The molecule has 3 heterocycles. The Morgan fingerprint density at radius 3 is 2.71 bits per heavy atom. The summed E-state index contributed by atoms with van der Waals surface area (Å²) in [6.45, 7) is 3.96. The second-order valence-corrected chi connectivity index (χ2v) is 6.85. The number of hydrogen-bond donors (Lipinski definition) is 0. The number of rotatable bonds is 3. The SMILES string of the molecule is O=C(c1cnccn1)N1CCN(Cc2nc3ccccc3s2)CC1. The van der Waals surface area contributed by atoms with Gasteiger partial charge >= 0.3 is 0 Å². The standard InChI is InChI=1S/C17H17N5OS/c23-17(14-11-18-5-6-19-14)22-9-7-21(8-10-22)12-16-20-13-3-1-2-4-15(13)24-16/h1-6,11H,7-10,12H2. The van der Waals surface area contributed by atoms with Crippen LogP contribution < -0.4 is 0 Å². The van der Waals surface area contributed by atoms with E-state index in [9.17, 15) is 4.79 Å². The van der Waals surface area contributed by atoms with Crippen molar-refractivity contribution in [3.63, 3.8) is 0 Å². The van der Waals surface area contributed by atoms with Crippen LogP contribution in [-0.2, 0) is 6.54 Å². The maximum absolute atomic E-state index is 12.4. The molecule has 24 heavy (non-hydrogen) atoms. The van der Waals surface area contributed by atoms with Crippen LogP contribution in [0.3, 0.4) is 0 Å². The van der Waals surface area contributed by atoms with E-state index in [0.29, 0.717) is 18.8 Å². The van der Waals surface area contributed by atoms with Crippen LogP contribution in [0.4, 0.5) is 0 Å². The van der Waals surface area contributed by atoms with Crippen molar-refractivity contribution in [1.29, 1.82) is 0 Å². The van der Waals surface area contributed by atoms with E-state index in [1.54, 1.807) is 23.7 Å². The lowest BCUT2D eigenvalue weighted by Gasteiger charge is -2.34. The highest BCUT2D eigenvalue weighted by Gasteiger charge is 2.23.